The van der Waals surface area contributed by atoms with Crippen LogP contribution in [0.4, 0.5) is 0 Å². The van der Waals surface area contributed by atoms with E-state index in [1.165, 1.54) is 4.90 Å². The number of amidine groups is 1. The minimum Gasteiger partial charge on any atom is -0.409 e. The molecule has 0 saturated heterocycles. The Morgan fingerprint density at radius 3 is 2.26 bits per heavy atom. The van der Waals surface area contributed by atoms with Crippen LogP contribution >= 0.6 is 0 Å². The molecule has 0 aliphatic carbocycles. The van der Waals surface area contributed by atoms with Crippen LogP contribution in [-0.4, -0.2) is 47.9 Å². The normalized spacial score (nSPS) is 15.0. The number of hydrogen-bond acceptors (Lipinski definition) is 4. The van der Waals surface area contributed by atoms with Gasteiger partial charge in [-0.05, 0) is 11.8 Å². The van der Waals surface area contributed by atoms with E-state index in [9.17, 15) is 9.59 Å². The lowest BCUT2D eigenvalue weighted by atomic mass is 9.85. The van der Waals surface area contributed by atoms with E-state index < -0.39 is 17.4 Å². The zero-order valence-electron chi connectivity index (χ0n) is 15.2. The quantitative estimate of drug-likeness (QED) is 0.272. The molecule has 0 aromatic rings. The summed E-state index contributed by atoms with van der Waals surface area (Å²) in [5.74, 6) is -0.776. The highest BCUT2D eigenvalue weighted by Crippen LogP contribution is 2.22. The van der Waals surface area contributed by atoms with Gasteiger partial charge < -0.3 is 21.2 Å². The summed E-state index contributed by atoms with van der Waals surface area (Å²) in [6, 6.07) is -0.624. The van der Waals surface area contributed by atoms with Crippen molar-refractivity contribution in [3.05, 3.63) is 0 Å². The third kappa shape index (κ3) is 7.34. The number of hydrogen-bond donors (Lipinski definition) is 3. The molecule has 0 spiro atoms. The molecule has 7 heteroatoms. The van der Waals surface area contributed by atoms with Crippen molar-refractivity contribution in [2.45, 2.75) is 59.4 Å². The first-order valence-electron chi connectivity index (χ1n) is 8.02. The Kier molecular flexibility index (Phi) is 8.64. The number of unbranched alkanes of at least 4 members (excludes halogenated alkanes) is 1. The molecule has 0 aliphatic heterocycles. The van der Waals surface area contributed by atoms with E-state index in [0.29, 0.717) is 6.42 Å². The van der Waals surface area contributed by atoms with E-state index in [-0.39, 0.29) is 24.1 Å². The smallest absolute Gasteiger partial charge is 0.245 e. The van der Waals surface area contributed by atoms with Gasteiger partial charge in [0, 0.05) is 26.4 Å². The lowest BCUT2D eigenvalue weighted by Gasteiger charge is -2.33. The van der Waals surface area contributed by atoms with Gasteiger partial charge >= 0.3 is 0 Å². The second-order valence-corrected chi connectivity index (χ2v) is 7.17. The summed E-state index contributed by atoms with van der Waals surface area (Å²) < 4.78 is 0. The lowest BCUT2D eigenvalue weighted by molar-refractivity contribution is -0.138. The maximum absolute atomic E-state index is 12.6. The highest BCUT2D eigenvalue weighted by molar-refractivity contribution is 5.91. The Balaban J connectivity index is 5.19. The Bertz CT molecular complexity index is 428. The van der Waals surface area contributed by atoms with Crippen molar-refractivity contribution in [3.63, 3.8) is 0 Å². The highest BCUT2D eigenvalue weighted by atomic mass is 16.4. The molecule has 0 saturated carbocycles. The van der Waals surface area contributed by atoms with E-state index in [0.717, 1.165) is 12.8 Å². The summed E-state index contributed by atoms with van der Waals surface area (Å²) >= 11 is 0. The molecule has 1 unspecified atom stereocenters. The Labute approximate surface area is 139 Å². The number of nitrogens with two attached hydrogens (primary N) is 1. The molecule has 23 heavy (non-hydrogen) atoms. The monoisotopic (exact) mass is 328 g/mol. The van der Waals surface area contributed by atoms with Crippen molar-refractivity contribution in [2.75, 3.05) is 14.1 Å². The van der Waals surface area contributed by atoms with Crippen molar-refractivity contribution >= 4 is 17.6 Å². The Morgan fingerprint density at radius 1 is 1.30 bits per heavy atom. The first kappa shape index (κ1) is 21.2. The molecular weight excluding hydrogens is 296 g/mol. The number of carbonyl (C=O) groups is 2. The van der Waals surface area contributed by atoms with Gasteiger partial charge in [-0.15, -0.1) is 0 Å². The summed E-state index contributed by atoms with van der Waals surface area (Å²) in [6.45, 7) is 7.75. The van der Waals surface area contributed by atoms with E-state index in [2.05, 4.69) is 10.5 Å². The van der Waals surface area contributed by atoms with Crippen LogP contribution in [0, 0.1) is 11.3 Å². The van der Waals surface area contributed by atoms with Crippen LogP contribution in [0.2, 0.25) is 0 Å². The van der Waals surface area contributed by atoms with Crippen LogP contribution in [0.25, 0.3) is 0 Å². The van der Waals surface area contributed by atoms with Crippen molar-refractivity contribution in [2.24, 2.45) is 22.2 Å². The van der Waals surface area contributed by atoms with E-state index in [4.69, 9.17) is 10.9 Å². The summed E-state index contributed by atoms with van der Waals surface area (Å²) in [4.78, 5) is 26.4. The minimum absolute atomic E-state index is 0.0208. The van der Waals surface area contributed by atoms with Gasteiger partial charge in [0.05, 0.1) is 0 Å². The van der Waals surface area contributed by atoms with Gasteiger partial charge in [-0.1, -0.05) is 45.7 Å². The van der Waals surface area contributed by atoms with E-state index >= 15 is 0 Å². The van der Waals surface area contributed by atoms with E-state index in [1.807, 2.05) is 27.7 Å². The largest absolute Gasteiger partial charge is 0.409 e. The lowest BCUT2D eigenvalue weighted by Crippen LogP contribution is -2.54. The topological polar surface area (TPSA) is 108 Å². The van der Waals surface area contributed by atoms with Crippen molar-refractivity contribution in [3.8, 4) is 0 Å². The van der Waals surface area contributed by atoms with Gasteiger partial charge in [-0.25, -0.2) is 0 Å². The number of likely N-dealkylation sites (N-methyl/N-ethyl adjacent to an activating group) is 1. The number of rotatable bonds is 8. The number of nitrogens with one attached hydrogen (secondary N) is 1. The van der Waals surface area contributed by atoms with Crippen molar-refractivity contribution < 1.29 is 14.8 Å². The Hall–Kier alpha value is -1.79. The maximum Gasteiger partial charge on any atom is 0.245 e. The second kappa shape index (κ2) is 9.37. The average molecular weight is 328 g/mol. The number of nitrogens with zero attached hydrogens (tertiary/aromatic N) is 2. The van der Waals surface area contributed by atoms with Gasteiger partial charge in [-0.2, -0.15) is 0 Å². The summed E-state index contributed by atoms with van der Waals surface area (Å²) in [5, 5.41) is 14.5. The summed E-state index contributed by atoms with van der Waals surface area (Å²) in [6.07, 6.45) is 2.61. The molecule has 134 valence electrons. The summed E-state index contributed by atoms with van der Waals surface area (Å²) in [5.41, 5.74) is 5.14. The molecule has 0 rings (SSSR count). The fraction of sp³-hybridized carbons (Fsp3) is 0.812. The summed E-state index contributed by atoms with van der Waals surface area (Å²) in [7, 11) is 3.33. The van der Waals surface area contributed by atoms with Gasteiger partial charge in [-0.3, -0.25) is 9.59 Å². The van der Waals surface area contributed by atoms with Gasteiger partial charge in [0.1, 0.15) is 11.9 Å². The number of oxime groups is 1. The zero-order chi connectivity index (χ0) is 18.2. The number of amides is 2. The molecule has 0 aromatic heterocycles. The second-order valence-electron chi connectivity index (χ2n) is 7.17. The Morgan fingerprint density at radius 2 is 1.87 bits per heavy atom. The van der Waals surface area contributed by atoms with Crippen LogP contribution in [-0.2, 0) is 9.59 Å². The fourth-order valence-corrected chi connectivity index (χ4v) is 2.24. The molecule has 2 amide bonds. The zero-order valence-corrected chi connectivity index (χ0v) is 15.2. The predicted molar refractivity (Wildman–Crippen MR) is 91.1 cm³/mol. The first-order chi connectivity index (χ1) is 10.5. The van der Waals surface area contributed by atoms with Crippen LogP contribution < -0.4 is 11.1 Å². The molecule has 0 bridgehead atoms. The molecule has 4 N–H and O–H groups in total. The van der Waals surface area contributed by atoms with E-state index in [1.54, 1.807) is 14.1 Å². The predicted octanol–water partition coefficient (Wildman–Crippen LogP) is 1.55. The SMILES string of the molecule is CCCCC(C/C(N)=N/O)C(=O)N[C@H](C(=O)N(C)C)C(C)(C)C. The van der Waals surface area contributed by atoms with Crippen LogP contribution in [0.3, 0.4) is 0 Å². The molecule has 0 aromatic carbocycles. The molecule has 0 fully saturated rings. The van der Waals surface area contributed by atoms with Crippen molar-refractivity contribution in [1.82, 2.24) is 10.2 Å². The highest BCUT2D eigenvalue weighted by Gasteiger charge is 2.35. The number of carbonyl (C=O) groups excluding carboxylic acids is 2. The minimum atomic E-state index is -0.624. The van der Waals surface area contributed by atoms with Gasteiger partial charge in [0.2, 0.25) is 11.8 Å². The van der Waals surface area contributed by atoms with Crippen molar-refractivity contribution in [1.29, 1.82) is 0 Å². The molecule has 0 aliphatic rings. The van der Waals surface area contributed by atoms with Crippen LogP contribution in [0.5, 0.6) is 0 Å². The third-order valence-corrected chi connectivity index (χ3v) is 3.70. The standard InChI is InChI=1S/C16H32N4O3/c1-7-8-9-11(10-12(17)19-23)14(21)18-13(16(2,3)4)15(22)20(5)6/h11,13,23H,7-10H2,1-6H3,(H2,17,19)(H,18,21)/t11?,13-/m1/s1. The van der Waals surface area contributed by atoms with Crippen LogP contribution in [0.15, 0.2) is 5.16 Å². The first-order valence-corrected chi connectivity index (χ1v) is 8.02. The molecule has 0 heterocycles. The average Bonchev–Trinajstić information content (AvgIpc) is 2.46. The molecule has 0 radical (unpaired) electrons. The molecular formula is C16H32N4O3. The van der Waals surface area contributed by atoms with Crippen LogP contribution in [0.1, 0.15) is 53.4 Å². The fourth-order valence-electron chi connectivity index (χ4n) is 2.24. The maximum atomic E-state index is 12.6. The van der Waals surface area contributed by atoms with Gasteiger partial charge in [0.15, 0.2) is 0 Å². The molecule has 2 atom stereocenters. The molecule has 7 nitrogen and oxygen atoms in total. The van der Waals surface area contributed by atoms with Gasteiger partial charge in [0.25, 0.3) is 0 Å². The third-order valence-electron chi connectivity index (χ3n) is 3.70.